The molecule has 0 aromatic heterocycles. The molecule has 5 heteroatoms. The molecule has 0 bridgehead atoms. The van der Waals surface area contributed by atoms with Crippen LogP contribution in [0, 0.1) is 0 Å². The van der Waals surface area contributed by atoms with Gasteiger partial charge in [-0.15, -0.1) is 11.8 Å². The van der Waals surface area contributed by atoms with E-state index in [1.807, 2.05) is 41.3 Å². The monoisotopic (exact) mass is 338 g/mol. The molecule has 2 aliphatic rings. The zero-order valence-electron chi connectivity index (χ0n) is 13.4. The molecular weight excluding hydrogens is 320 g/mol. The molecule has 0 unspecified atom stereocenters. The third-order valence-electron chi connectivity index (χ3n) is 4.51. The Kier molecular flexibility index (Phi) is 3.81. The molecule has 4 rings (SSSR count). The van der Waals surface area contributed by atoms with Gasteiger partial charge >= 0.3 is 0 Å². The summed E-state index contributed by atoms with van der Waals surface area (Å²) in [6, 6.07) is 13.8. The first-order chi connectivity index (χ1) is 11.6. The van der Waals surface area contributed by atoms with Gasteiger partial charge in [0.05, 0.1) is 5.69 Å². The van der Waals surface area contributed by atoms with Gasteiger partial charge in [0, 0.05) is 34.4 Å². The number of thioether (sulfide) groups is 1. The number of fused-ring (bicyclic) bond motifs is 2. The van der Waals surface area contributed by atoms with Crippen LogP contribution in [0.25, 0.3) is 0 Å². The molecule has 2 heterocycles. The van der Waals surface area contributed by atoms with E-state index in [2.05, 4.69) is 18.3 Å². The summed E-state index contributed by atoms with van der Waals surface area (Å²) in [5.41, 5.74) is 3.55. The second-order valence-corrected chi connectivity index (χ2v) is 7.35. The van der Waals surface area contributed by atoms with Crippen molar-refractivity contribution in [2.75, 3.05) is 16.0 Å². The van der Waals surface area contributed by atoms with Gasteiger partial charge < -0.3 is 10.2 Å². The van der Waals surface area contributed by atoms with Crippen LogP contribution < -0.4 is 10.2 Å². The minimum Gasteiger partial charge on any atom is -0.325 e. The van der Waals surface area contributed by atoms with Crippen LogP contribution in [0.2, 0.25) is 0 Å². The lowest BCUT2D eigenvalue weighted by Crippen LogP contribution is -2.35. The Morgan fingerprint density at radius 1 is 1.25 bits per heavy atom. The number of benzene rings is 2. The fourth-order valence-electron chi connectivity index (χ4n) is 3.37. The zero-order valence-corrected chi connectivity index (χ0v) is 14.2. The molecule has 2 aliphatic heterocycles. The molecule has 0 radical (unpaired) electrons. The van der Waals surface area contributed by atoms with Crippen molar-refractivity contribution in [1.82, 2.24) is 0 Å². The standard InChI is InChI=1S/C19H18N2O2S/c1-12-10-13-4-2-3-5-16(13)21(12)19(23)14-6-7-17-15(11-14)20-18(22)8-9-24-17/h2-7,11-12H,8-10H2,1H3,(H,20,22)/t12-/m1/s1. The quantitative estimate of drug-likeness (QED) is 0.862. The Morgan fingerprint density at radius 2 is 2.08 bits per heavy atom. The number of nitrogens with zero attached hydrogens (tertiary/aromatic N) is 1. The highest BCUT2D eigenvalue weighted by molar-refractivity contribution is 7.99. The van der Waals surface area contributed by atoms with Crippen LogP contribution in [0.4, 0.5) is 11.4 Å². The highest BCUT2D eigenvalue weighted by atomic mass is 32.2. The first kappa shape index (κ1) is 15.3. The number of nitrogens with one attached hydrogen (secondary N) is 1. The van der Waals surface area contributed by atoms with Crippen molar-refractivity contribution in [3.8, 4) is 0 Å². The van der Waals surface area contributed by atoms with E-state index in [4.69, 9.17) is 0 Å². The molecule has 0 saturated heterocycles. The van der Waals surface area contributed by atoms with Crippen LogP contribution in [-0.4, -0.2) is 23.6 Å². The zero-order chi connectivity index (χ0) is 16.7. The summed E-state index contributed by atoms with van der Waals surface area (Å²) < 4.78 is 0. The summed E-state index contributed by atoms with van der Waals surface area (Å²) in [4.78, 5) is 27.7. The van der Waals surface area contributed by atoms with E-state index in [0.29, 0.717) is 12.0 Å². The summed E-state index contributed by atoms with van der Waals surface area (Å²) in [6.07, 6.45) is 1.37. The van der Waals surface area contributed by atoms with Crippen LogP contribution in [0.5, 0.6) is 0 Å². The first-order valence-electron chi connectivity index (χ1n) is 8.11. The predicted molar refractivity (Wildman–Crippen MR) is 96.8 cm³/mol. The fourth-order valence-corrected chi connectivity index (χ4v) is 4.30. The molecule has 24 heavy (non-hydrogen) atoms. The minimum atomic E-state index is -0.0151. The summed E-state index contributed by atoms with van der Waals surface area (Å²) >= 11 is 1.65. The van der Waals surface area contributed by atoms with E-state index in [-0.39, 0.29) is 17.9 Å². The summed E-state index contributed by atoms with van der Waals surface area (Å²) in [5.74, 6) is 0.757. The molecule has 0 spiro atoms. The highest BCUT2D eigenvalue weighted by Gasteiger charge is 2.31. The summed E-state index contributed by atoms with van der Waals surface area (Å²) in [7, 11) is 0. The maximum absolute atomic E-state index is 13.1. The second-order valence-electron chi connectivity index (χ2n) is 6.21. The molecule has 1 atom stereocenters. The molecule has 2 amide bonds. The normalized spacial score (nSPS) is 19.3. The molecule has 1 N–H and O–H groups in total. The van der Waals surface area contributed by atoms with Crippen LogP contribution >= 0.6 is 11.8 Å². The number of hydrogen-bond donors (Lipinski definition) is 1. The molecule has 0 saturated carbocycles. The van der Waals surface area contributed by atoms with Gasteiger partial charge in [-0.2, -0.15) is 0 Å². The Balaban J connectivity index is 1.69. The molecular formula is C19H18N2O2S. The SMILES string of the molecule is C[C@@H]1Cc2ccccc2N1C(=O)c1ccc2c(c1)NC(=O)CCS2. The van der Waals surface area contributed by atoms with Crippen LogP contribution in [0.3, 0.4) is 0 Å². The lowest BCUT2D eigenvalue weighted by atomic mass is 10.1. The fraction of sp³-hybridized carbons (Fsp3) is 0.263. The van der Waals surface area contributed by atoms with E-state index < -0.39 is 0 Å². The number of para-hydroxylation sites is 1. The number of anilines is 2. The smallest absolute Gasteiger partial charge is 0.258 e. The highest BCUT2D eigenvalue weighted by Crippen LogP contribution is 2.35. The number of hydrogen-bond acceptors (Lipinski definition) is 3. The van der Waals surface area contributed by atoms with Gasteiger partial charge in [-0.25, -0.2) is 0 Å². The Labute approximate surface area is 145 Å². The van der Waals surface area contributed by atoms with Crippen molar-refractivity contribution >= 4 is 35.0 Å². The number of carbonyl (C=O) groups is 2. The van der Waals surface area contributed by atoms with Gasteiger partial charge in [-0.3, -0.25) is 9.59 Å². The summed E-state index contributed by atoms with van der Waals surface area (Å²) in [6.45, 7) is 2.07. The average molecular weight is 338 g/mol. The minimum absolute atomic E-state index is 0.00531. The molecule has 0 fully saturated rings. The second kappa shape index (κ2) is 5.98. The van der Waals surface area contributed by atoms with Crippen LogP contribution in [-0.2, 0) is 11.2 Å². The topological polar surface area (TPSA) is 49.4 Å². The van der Waals surface area contributed by atoms with Gasteiger partial charge in [-0.1, -0.05) is 18.2 Å². The summed E-state index contributed by atoms with van der Waals surface area (Å²) in [5, 5.41) is 2.91. The third-order valence-corrected chi connectivity index (χ3v) is 5.59. The van der Waals surface area contributed by atoms with Crippen molar-refractivity contribution in [3.05, 3.63) is 53.6 Å². The van der Waals surface area contributed by atoms with E-state index in [1.54, 1.807) is 11.8 Å². The first-order valence-corrected chi connectivity index (χ1v) is 9.10. The maximum Gasteiger partial charge on any atom is 0.258 e. The van der Waals surface area contributed by atoms with Crippen molar-refractivity contribution < 1.29 is 9.59 Å². The van der Waals surface area contributed by atoms with Crippen LogP contribution in [0.15, 0.2) is 47.4 Å². The van der Waals surface area contributed by atoms with Crippen molar-refractivity contribution in [2.24, 2.45) is 0 Å². The molecule has 122 valence electrons. The molecule has 0 aliphatic carbocycles. The molecule has 2 aromatic carbocycles. The van der Waals surface area contributed by atoms with E-state index >= 15 is 0 Å². The van der Waals surface area contributed by atoms with Crippen molar-refractivity contribution in [2.45, 2.75) is 30.7 Å². The van der Waals surface area contributed by atoms with Gasteiger partial charge in [0.15, 0.2) is 0 Å². The lowest BCUT2D eigenvalue weighted by molar-refractivity contribution is -0.115. The van der Waals surface area contributed by atoms with Gasteiger partial charge in [0.25, 0.3) is 5.91 Å². The van der Waals surface area contributed by atoms with Gasteiger partial charge in [0.2, 0.25) is 5.91 Å². The largest absolute Gasteiger partial charge is 0.325 e. The van der Waals surface area contributed by atoms with Gasteiger partial charge in [-0.05, 0) is 43.2 Å². The lowest BCUT2D eigenvalue weighted by Gasteiger charge is -2.23. The Hall–Kier alpha value is -2.27. The van der Waals surface area contributed by atoms with E-state index in [0.717, 1.165) is 28.4 Å². The predicted octanol–water partition coefficient (Wildman–Crippen LogP) is 3.71. The van der Waals surface area contributed by atoms with Crippen molar-refractivity contribution in [3.63, 3.8) is 0 Å². The molecule has 2 aromatic rings. The average Bonchev–Trinajstić information content (AvgIpc) is 2.78. The van der Waals surface area contributed by atoms with Crippen molar-refractivity contribution in [1.29, 1.82) is 0 Å². The van der Waals surface area contributed by atoms with E-state index in [1.165, 1.54) is 5.56 Å². The number of carbonyl (C=O) groups excluding carboxylic acids is 2. The van der Waals surface area contributed by atoms with E-state index in [9.17, 15) is 9.59 Å². The number of amides is 2. The third kappa shape index (κ3) is 2.59. The van der Waals surface area contributed by atoms with Gasteiger partial charge in [0.1, 0.15) is 0 Å². The number of rotatable bonds is 1. The Bertz CT molecular complexity index is 834. The van der Waals surface area contributed by atoms with Crippen LogP contribution in [0.1, 0.15) is 29.3 Å². The maximum atomic E-state index is 13.1. The Morgan fingerprint density at radius 3 is 2.96 bits per heavy atom. The molecule has 4 nitrogen and oxygen atoms in total.